The van der Waals surface area contributed by atoms with Gasteiger partial charge in [-0.2, -0.15) is 18.2 Å². The highest BCUT2D eigenvalue weighted by atomic mass is 19.4. The second-order valence-electron chi connectivity index (χ2n) is 3.18. The maximum absolute atomic E-state index is 12.2. The third-order valence-corrected chi connectivity index (χ3v) is 1.97. The van der Waals surface area contributed by atoms with Crippen LogP contribution in [0.15, 0.2) is 0 Å². The normalized spacial score (nSPS) is 17.3. The number of alkyl halides is 3. The molecular weight excluding hydrogens is 229 g/mol. The number of ketones is 1. The van der Waals surface area contributed by atoms with Crippen molar-refractivity contribution in [2.75, 3.05) is 11.4 Å². The molecule has 9 heteroatoms. The average Bonchev–Trinajstić information content (AvgIpc) is 2.70. The number of aromatic amines is 1. The molecule has 2 heterocycles. The summed E-state index contributed by atoms with van der Waals surface area (Å²) in [6.45, 7) is -0.284. The first-order valence-electron chi connectivity index (χ1n) is 4.19. The van der Waals surface area contributed by atoms with E-state index in [1.54, 1.807) is 5.10 Å². The number of nitrogens with one attached hydrogen (secondary N) is 1. The van der Waals surface area contributed by atoms with Gasteiger partial charge in [-0.15, -0.1) is 5.10 Å². The number of carbonyl (C=O) groups is 2. The molecule has 0 spiro atoms. The number of aromatic nitrogens is 3. The second kappa shape index (κ2) is 3.29. The van der Waals surface area contributed by atoms with Gasteiger partial charge in [-0.1, -0.05) is 0 Å². The van der Waals surface area contributed by atoms with Gasteiger partial charge in [0, 0.05) is 0 Å². The zero-order chi connectivity index (χ0) is 11.9. The lowest BCUT2D eigenvalue weighted by atomic mass is 10.3. The zero-order valence-electron chi connectivity index (χ0n) is 7.71. The van der Waals surface area contributed by atoms with E-state index >= 15 is 0 Å². The number of hydrogen-bond acceptors (Lipinski definition) is 4. The van der Waals surface area contributed by atoms with Crippen LogP contribution in [0.5, 0.6) is 0 Å². The maximum atomic E-state index is 12.2. The molecule has 1 fully saturated rings. The fraction of sp³-hybridized carbons (Fsp3) is 0.429. The van der Waals surface area contributed by atoms with Crippen LogP contribution in [0, 0.1) is 0 Å². The number of rotatable bonds is 1. The molecule has 0 bridgehead atoms. The van der Waals surface area contributed by atoms with Gasteiger partial charge < -0.3 is 0 Å². The molecule has 1 aromatic rings. The molecule has 2 rings (SSSR count). The Labute approximate surface area is 86.4 Å². The first-order valence-corrected chi connectivity index (χ1v) is 4.19. The summed E-state index contributed by atoms with van der Waals surface area (Å²) in [5.74, 6) is -2.70. The monoisotopic (exact) mass is 234 g/mol. The molecule has 16 heavy (non-hydrogen) atoms. The topological polar surface area (TPSA) is 79.0 Å². The summed E-state index contributed by atoms with van der Waals surface area (Å²) >= 11 is 0. The first kappa shape index (κ1) is 10.6. The van der Waals surface area contributed by atoms with Gasteiger partial charge in [-0.05, 0) is 0 Å². The van der Waals surface area contributed by atoms with Crippen LogP contribution < -0.4 is 4.90 Å². The molecule has 0 atom stereocenters. The Morgan fingerprint density at radius 2 is 2.00 bits per heavy atom. The number of amides is 1. The molecule has 1 saturated heterocycles. The van der Waals surface area contributed by atoms with Crippen LogP contribution >= 0.6 is 0 Å². The van der Waals surface area contributed by atoms with Crippen LogP contribution in [-0.2, 0) is 15.8 Å². The van der Waals surface area contributed by atoms with Gasteiger partial charge in [0.2, 0.25) is 11.7 Å². The van der Waals surface area contributed by atoms with E-state index in [2.05, 4.69) is 10.1 Å². The Morgan fingerprint density at radius 1 is 1.31 bits per heavy atom. The summed E-state index contributed by atoms with van der Waals surface area (Å²) < 4.78 is 36.5. The van der Waals surface area contributed by atoms with Crippen molar-refractivity contribution >= 4 is 17.6 Å². The van der Waals surface area contributed by atoms with Crippen molar-refractivity contribution in [3.63, 3.8) is 0 Å². The maximum Gasteiger partial charge on any atom is 0.451 e. The number of anilines is 1. The van der Waals surface area contributed by atoms with E-state index in [4.69, 9.17) is 0 Å². The smallest absolute Gasteiger partial charge is 0.297 e. The SMILES string of the molecule is O=C1CC(=O)N(c2n[nH]c(C(F)(F)F)n2)C1. The van der Waals surface area contributed by atoms with E-state index in [0.717, 1.165) is 4.90 Å². The number of halogens is 3. The number of carbonyl (C=O) groups excluding carboxylic acids is 2. The summed E-state index contributed by atoms with van der Waals surface area (Å²) in [5, 5.41) is 4.91. The van der Waals surface area contributed by atoms with E-state index in [1.807, 2.05) is 0 Å². The summed E-state index contributed by atoms with van der Waals surface area (Å²) in [5.41, 5.74) is 0. The van der Waals surface area contributed by atoms with Crippen LogP contribution in [0.25, 0.3) is 0 Å². The minimum Gasteiger partial charge on any atom is -0.297 e. The van der Waals surface area contributed by atoms with Crippen LogP contribution in [-0.4, -0.2) is 33.4 Å². The van der Waals surface area contributed by atoms with Gasteiger partial charge in [0.05, 0.1) is 13.0 Å². The molecule has 0 aromatic carbocycles. The Kier molecular flexibility index (Phi) is 2.17. The zero-order valence-corrected chi connectivity index (χ0v) is 7.71. The Morgan fingerprint density at radius 3 is 2.44 bits per heavy atom. The Balaban J connectivity index is 2.26. The van der Waals surface area contributed by atoms with Crippen molar-refractivity contribution in [2.45, 2.75) is 12.6 Å². The predicted octanol–water partition coefficient (Wildman–Crippen LogP) is 0.129. The first-order chi connectivity index (χ1) is 7.38. The molecule has 1 aliphatic rings. The van der Waals surface area contributed by atoms with Crippen LogP contribution in [0.4, 0.5) is 19.1 Å². The number of nitrogens with zero attached hydrogens (tertiary/aromatic N) is 3. The van der Waals surface area contributed by atoms with Crippen molar-refractivity contribution in [1.29, 1.82) is 0 Å². The average molecular weight is 234 g/mol. The van der Waals surface area contributed by atoms with Gasteiger partial charge >= 0.3 is 6.18 Å². The fourth-order valence-corrected chi connectivity index (χ4v) is 1.27. The summed E-state index contributed by atoms with van der Waals surface area (Å²) in [4.78, 5) is 26.0. The highest BCUT2D eigenvalue weighted by Gasteiger charge is 2.38. The van der Waals surface area contributed by atoms with E-state index in [9.17, 15) is 22.8 Å². The van der Waals surface area contributed by atoms with E-state index in [0.29, 0.717) is 0 Å². The molecule has 1 aliphatic heterocycles. The standard InChI is InChI=1S/C7H5F3N4O2/c8-7(9,10)5-11-6(13-12-5)14-2-3(15)1-4(14)16/h1-2H2,(H,11,12,13). The van der Waals surface area contributed by atoms with Gasteiger partial charge in [0.25, 0.3) is 5.95 Å². The second-order valence-corrected chi connectivity index (χ2v) is 3.18. The third kappa shape index (κ3) is 1.75. The number of H-pyrrole nitrogens is 1. The van der Waals surface area contributed by atoms with Crippen molar-refractivity contribution in [1.82, 2.24) is 15.2 Å². The minimum atomic E-state index is -4.65. The highest BCUT2D eigenvalue weighted by Crippen LogP contribution is 2.27. The molecule has 0 radical (unpaired) electrons. The molecule has 86 valence electrons. The molecule has 1 amide bonds. The Hall–Kier alpha value is -1.93. The van der Waals surface area contributed by atoms with Gasteiger partial charge in [-0.25, -0.2) is 0 Å². The van der Waals surface area contributed by atoms with E-state index in [1.165, 1.54) is 0 Å². The lowest BCUT2D eigenvalue weighted by Crippen LogP contribution is -2.25. The summed E-state index contributed by atoms with van der Waals surface area (Å²) in [6, 6.07) is 0. The van der Waals surface area contributed by atoms with E-state index < -0.39 is 23.9 Å². The molecule has 6 nitrogen and oxygen atoms in total. The van der Waals surface area contributed by atoms with Crippen molar-refractivity contribution in [3.8, 4) is 0 Å². The fourth-order valence-electron chi connectivity index (χ4n) is 1.27. The summed E-state index contributed by atoms with van der Waals surface area (Å²) in [7, 11) is 0. The molecule has 1 N–H and O–H groups in total. The molecule has 1 aromatic heterocycles. The molecular formula is C7H5F3N4O2. The van der Waals surface area contributed by atoms with Crippen molar-refractivity contribution in [2.24, 2.45) is 0 Å². The minimum absolute atomic E-state index is 0.284. The number of hydrogen-bond donors (Lipinski definition) is 1. The summed E-state index contributed by atoms with van der Waals surface area (Å²) in [6.07, 6.45) is -4.98. The van der Waals surface area contributed by atoms with Gasteiger partial charge in [0.1, 0.15) is 0 Å². The molecule has 0 saturated carbocycles. The van der Waals surface area contributed by atoms with Gasteiger partial charge in [-0.3, -0.25) is 19.6 Å². The van der Waals surface area contributed by atoms with Crippen LogP contribution in [0.2, 0.25) is 0 Å². The van der Waals surface area contributed by atoms with Crippen LogP contribution in [0.1, 0.15) is 12.2 Å². The van der Waals surface area contributed by atoms with Crippen molar-refractivity contribution < 1.29 is 22.8 Å². The highest BCUT2D eigenvalue weighted by molar-refractivity contribution is 6.14. The Bertz CT molecular complexity index is 453. The lowest BCUT2D eigenvalue weighted by molar-refractivity contribution is -0.144. The van der Waals surface area contributed by atoms with Gasteiger partial charge in [0.15, 0.2) is 5.78 Å². The quantitative estimate of drug-likeness (QED) is 0.700. The largest absolute Gasteiger partial charge is 0.451 e. The third-order valence-electron chi connectivity index (χ3n) is 1.97. The van der Waals surface area contributed by atoms with Crippen molar-refractivity contribution in [3.05, 3.63) is 5.82 Å². The number of Topliss-reactive ketones (excluding diaryl/α,β-unsaturated/α-hetero) is 1. The molecule has 0 unspecified atom stereocenters. The van der Waals surface area contributed by atoms with E-state index in [-0.39, 0.29) is 18.7 Å². The predicted molar refractivity (Wildman–Crippen MR) is 43.4 cm³/mol. The molecule has 0 aliphatic carbocycles. The van der Waals surface area contributed by atoms with Crippen LogP contribution in [0.3, 0.4) is 0 Å². The lowest BCUT2D eigenvalue weighted by Gasteiger charge is -2.07.